The summed E-state index contributed by atoms with van der Waals surface area (Å²) >= 11 is 0. The molecule has 28 heavy (non-hydrogen) atoms. The predicted octanol–water partition coefficient (Wildman–Crippen LogP) is 4.19. The van der Waals surface area contributed by atoms with Crippen LogP contribution in [-0.2, 0) is 6.54 Å². The number of carbonyl (C=O) groups excluding carboxylic acids is 1. The van der Waals surface area contributed by atoms with E-state index in [1.807, 2.05) is 36.4 Å². The largest absolute Gasteiger partial charge is 0.372 e. The molecule has 2 N–H and O–H groups in total. The molecule has 0 aliphatic heterocycles. The molecule has 0 bridgehead atoms. The van der Waals surface area contributed by atoms with Crippen molar-refractivity contribution in [3.05, 3.63) is 78.2 Å². The highest BCUT2D eigenvalue weighted by Gasteiger charge is 2.08. The zero-order valence-electron chi connectivity index (χ0n) is 16.2. The average Bonchev–Trinajstić information content (AvgIpc) is 2.75. The molecule has 0 saturated carbocycles. The number of rotatable bonds is 8. The molecule has 3 aromatic rings. The van der Waals surface area contributed by atoms with Crippen LogP contribution in [0.1, 0.15) is 29.8 Å². The minimum Gasteiger partial charge on any atom is -0.372 e. The van der Waals surface area contributed by atoms with Crippen molar-refractivity contribution in [1.29, 1.82) is 0 Å². The van der Waals surface area contributed by atoms with E-state index in [0.717, 1.165) is 30.0 Å². The van der Waals surface area contributed by atoms with Crippen LogP contribution in [0.3, 0.4) is 0 Å². The maximum Gasteiger partial charge on any atom is 0.255 e. The monoisotopic (exact) mass is 375 g/mol. The van der Waals surface area contributed by atoms with Crippen LogP contribution in [0, 0.1) is 0 Å². The fraction of sp³-hybridized carbons (Fsp3) is 0.227. The van der Waals surface area contributed by atoms with Crippen LogP contribution in [-0.4, -0.2) is 29.0 Å². The van der Waals surface area contributed by atoms with Gasteiger partial charge in [0.2, 0.25) is 0 Å². The highest BCUT2D eigenvalue weighted by molar-refractivity contribution is 6.04. The minimum atomic E-state index is -0.162. The molecule has 1 aromatic carbocycles. The quantitative estimate of drug-likeness (QED) is 0.618. The molecule has 0 aliphatic carbocycles. The number of amides is 1. The molecule has 0 fully saturated rings. The maximum absolute atomic E-state index is 12.6. The van der Waals surface area contributed by atoms with Gasteiger partial charge in [0.25, 0.3) is 5.91 Å². The number of aromatic nitrogens is 2. The lowest BCUT2D eigenvalue weighted by Gasteiger charge is -2.21. The number of benzene rings is 1. The fourth-order valence-corrected chi connectivity index (χ4v) is 2.91. The Labute approximate surface area is 165 Å². The second kappa shape index (κ2) is 9.50. The Morgan fingerprint density at radius 1 is 0.964 bits per heavy atom. The van der Waals surface area contributed by atoms with E-state index in [-0.39, 0.29) is 5.91 Å². The third-order valence-corrected chi connectivity index (χ3v) is 4.50. The first-order chi connectivity index (χ1) is 13.7. The van der Waals surface area contributed by atoms with Crippen LogP contribution in [0.5, 0.6) is 0 Å². The Morgan fingerprint density at radius 3 is 2.36 bits per heavy atom. The second-order valence-electron chi connectivity index (χ2n) is 6.31. The van der Waals surface area contributed by atoms with Gasteiger partial charge in [0.15, 0.2) is 0 Å². The molecular weight excluding hydrogens is 350 g/mol. The summed E-state index contributed by atoms with van der Waals surface area (Å²) in [6.07, 6.45) is 5.13. The van der Waals surface area contributed by atoms with Crippen molar-refractivity contribution >= 4 is 23.1 Å². The maximum atomic E-state index is 12.6. The Hall–Kier alpha value is -3.41. The summed E-state index contributed by atoms with van der Waals surface area (Å²) in [5.41, 5.74) is 3.57. The first-order valence-corrected chi connectivity index (χ1v) is 9.44. The van der Waals surface area contributed by atoms with Gasteiger partial charge in [-0.05, 0) is 67.9 Å². The van der Waals surface area contributed by atoms with Crippen molar-refractivity contribution in [3.8, 4) is 0 Å². The van der Waals surface area contributed by atoms with Gasteiger partial charge in [-0.1, -0.05) is 0 Å². The lowest BCUT2D eigenvalue weighted by atomic mass is 10.2. The Kier molecular flexibility index (Phi) is 6.57. The molecule has 0 spiro atoms. The first kappa shape index (κ1) is 19.4. The molecule has 6 nitrogen and oxygen atoms in total. The van der Waals surface area contributed by atoms with Gasteiger partial charge >= 0.3 is 0 Å². The molecule has 0 unspecified atom stereocenters. The van der Waals surface area contributed by atoms with Gasteiger partial charge < -0.3 is 15.5 Å². The molecule has 144 valence electrons. The van der Waals surface area contributed by atoms with Gasteiger partial charge in [-0.3, -0.25) is 9.78 Å². The standard InChI is InChI=1S/C22H25N5O/c1-3-27(4-2)20-7-5-19(6-8-20)26-22(28)18-11-14-24-21(15-18)25-16-17-9-12-23-13-10-17/h5-15H,3-4,16H2,1-2H3,(H,24,25)(H,26,28). The summed E-state index contributed by atoms with van der Waals surface area (Å²) in [6.45, 7) is 6.78. The molecule has 2 heterocycles. The molecule has 6 heteroatoms. The summed E-state index contributed by atoms with van der Waals surface area (Å²) in [5.74, 6) is 0.492. The van der Waals surface area contributed by atoms with Gasteiger partial charge in [0, 0.05) is 55.2 Å². The number of hydrogen-bond donors (Lipinski definition) is 2. The summed E-state index contributed by atoms with van der Waals surface area (Å²) in [4.78, 5) is 23.1. The zero-order chi connectivity index (χ0) is 19.8. The fourth-order valence-electron chi connectivity index (χ4n) is 2.91. The summed E-state index contributed by atoms with van der Waals surface area (Å²) in [5, 5.41) is 6.17. The number of hydrogen-bond acceptors (Lipinski definition) is 5. The van der Waals surface area contributed by atoms with E-state index in [0.29, 0.717) is 17.9 Å². The third-order valence-electron chi connectivity index (χ3n) is 4.50. The van der Waals surface area contributed by atoms with Gasteiger partial charge in [-0.15, -0.1) is 0 Å². The predicted molar refractivity (Wildman–Crippen MR) is 114 cm³/mol. The molecule has 1 amide bonds. The van der Waals surface area contributed by atoms with Gasteiger partial charge in [-0.25, -0.2) is 4.98 Å². The molecule has 0 radical (unpaired) electrons. The third kappa shape index (κ3) is 5.07. The molecule has 2 aromatic heterocycles. The Balaban J connectivity index is 1.62. The Morgan fingerprint density at radius 2 is 1.68 bits per heavy atom. The lowest BCUT2D eigenvalue weighted by Crippen LogP contribution is -2.21. The van der Waals surface area contributed by atoms with Crippen LogP contribution in [0.2, 0.25) is 0 Å². The summed E-state index contributed by atoms with van der Waals surface area (Å²) in [6, 6.07) is 15.2. The highest BCUT2D eigenvalue weighted by Crippen LogP contribution is 2.18. The normalized spacial score (nSPS) is 10.4. The molecular formula is C22H25N5O. The van der Waals surface area contributed by atoms with Crippen molar-refractivity contribution in [2.75, 3.05) is 28.6 Å². The van der Waals surface area contributed by atoms with Gasteiger partial charge in [0.1, 0.15) is 5.82 Å². The van der Waals surface area contributed by atoms with Crippen molar-refractivity contribution in [2.24, 2.45) is 0 Å². The van der Waals surface area contributed by atoms with Crippen molar-refractivity contribution in [2.45, 2.75) is 20.4 Å². The Bertz CT molecular complexity index is 892. The van der Waals surface area contributed by atoms with Gasteiger partial charge in [-0.2, -0.15) is 0 Å². The number of nitrogens with one attached hydrogen (secondary N) is 2. The SMILES string of the molecule is CCN(CC)c1ccc(NC(=O)c2ccnc(NCc3ccncc3)c2)cc1. The van der Waals surface area contributed by atoms with Crippen LogP contribution < -0.4 is 15.5 Å². The van der Waals surface area contributed by atoms with Crippen LogP contribution in [0.15, 0.2) is 67.1 Å². The van der Waals surface area contributed by atoms with Crippen LogP contribution >= 0.6 is 0 Å². The van der Waals surface area contributed by atoms with Crippen molar-refractivity contribution in [1.82, 2.24) is 9.97 Å². The molecule has 0 saturated heterocycles. The number of pyridine rings is 2. The minimum absolute atomic E-state index is 0.162. The average molecular weight is 375 g/mol. The second-order valence-corrected chi connectivity index (χ2v) is 6.31. The summed E-state index contributed by atoms with van der Waals surface area (Å²) < 4.78 is 0. The van der Waals surface area contributed by atoms with E-state index in [9.17, 15) is 4.79 Å². The first-order valence-electron chi connectivity index (χ1n) is 9.44. The summed E-state index contributed by atoms with van der Waals surface area (Å²) in [7, 11) is 0. The zero-order valence-corrected chi connectivity index (χ0v) is 16.2. The molecule has 0 atom stereocenters. The van der Waals surface area contributed by atoms with E-state index in [4.69, 9.17) is 0 Å². The van der Waals surface area contributed by atoms with E-state index in [1.54, 1.807) is 30.7 Å². The van der Waals surface area contributed by atoms with E-state index in [1.165, 1.54) is 0 Å². The van der Waals surface area contributed by atoms with Gasteiger partial charge in [0.05, 0.1) is 0 Å². The lowest BCUT2D eigenvalue weighted by molar-refractivity contribution is 0.102. The number of carbonyl (C=O) groups is 1. The molecule has 0 aliphatic rings. The molecule has 3 rings (SSSR count). The van der Waals surface area contributed by atoms with Crippen molar-refractivity contribution in [3.63, 3.8) is 0 Å². The number of anilines is 3. The smallest absolute Gasteiger partial charge is 0.255 e. The van der Waals surface area contributed by atoms with E-state index < -0.39 is 0 Å². The van der Waals surface area contributed by atoms with Crippen LogP contribution in [0.25, 0.3) is 0 Å². The topological polar surface area (TPSA) is 70.2 Å². The van der Waals surface area contributed by atoms with E-state index in [2.05, 4.69) is 39.3 Å². The number of nitrogens with zero attached hydrogens (tertiary/aromatic N) is 3. The van der Waals surface area contributed by atoms with Crippen molar-refractivity contribution < 1.29 is 4.79 Å². The van der Waals surface area contributed by atoms with Crippen LogP contribution in [0.4, 0.5) is 17.2 Å². The van der Waals surface area contributed by atoms with E-state index >= 15 is 0 Å². The highest BCUT2D eigenvalue weighted by atomic mass is 16.1.